The summed E-state index contributed by atoms with van der Waals surface area (Å²) in [6.07, 6.45) is 1.41. The van der Waals surface area contributed by atoms with E-state index < -0.39 is 5.97 Å². The van der Waals surface area contributed by atoms with Crippen LogP contribution in [0.4, 0.5) is 10.1 Å². The van der Waals surface area contributed by atoms with Crippen molar-refractivity contribution in [2.45, 2.75) is 0 Å². The number of methoxy groups -OCH3 is 1. The number of carbonyl (C=O) groups is 2. The Balaban J connectivity index is 1.65. The number of benzene rings is 2. The maximum atomic E-state index is 13.9. The summed E-state index contributed by atoms with van der Waals surface area (Å²) in [6, 6.07) is 13.2. The molecule has 0 unspecified atom stereocenters. The maximum Gasteiger partial charge on any atom is 0.360 e. The van der Waals surface area contributed by atoms with Crippen LogP contribution in [0.25, 0.3) is 15.8 Å². The van der Waals surface area contributed by atoms with Crippen molar-refractivity contribution in [2.75, 3.05) is 12.4 Å². The van der Waals surface area contributed by atoms with E-state index in [0.717, 1.165) is 0 Å². The minimum atomic E-state index is -0.611. The third kappa shape index (κ3) is 3.23. The number of para-hydroxylation sites is 2. The first-order chi connectivity index (χ1) is 13.6. The molecule has 9 heteroatoms. The molecule has 7 nitrogen and oxygen atoms in total. The Morgan fingerprint density at radius 1 is 1.18 bits per heavy atom. The average molecular weight is 396 g/mol. The van der Waals surface area contributed by atoms with Crippen LogP contribution in [-0.2, 0) is 4.74 Å². The molecule has 1 amide bonds. The van der Waals surface area contributed by atoms with Crippen molar-refractivity contribution in [1.29, 1.82) is 0 Å². The molecule has 0 bridgehead atoms. The molecule has 0 radical (unpaired) electrons. The second-order valence-corrected chi connectivity index (χ2v) is 6.86. The molecule has 0 saturated heterocycles. The highest BCUT2D eigenvalue weighted by molar-refractivity contribution is 7.20. The highest BCUT2D eigenvalue weighted by atomic mass is 32.1. The van der Waals surface area contributed by atoms with Crippen LogP contribution < -0.4 is 5.32 Å². The molecular weight excluding hydrogens is 383 g/mol. The molecule has 2 heterocycles. The Bertz CT molecular complexity index is 1200. The van der Waals surface area contributed by atoms with Crippen molar-refractivity contribution < 1.29 is 18.7 Å². The van der Waals surface area contributed by atoms with Gasteiger partial charge in [-0.05, 0) is 30.3 Å². The number of fused-ring (bicyclic) bond motifs is 1. The molecule has 0 spiro atoms. The van der Waals surface area contributed by atoms with Gasteiger partial charge in [0.15, 0.2) is 5.69 Å². The van der Waals surface area contributed by atoms with Crippen LogP contribution in [0.15, 0.2) is 54.7 Å². The first-order valence-electron chi connectivity index (χ1n) is 8.16. The second kappa shape index (κ2) is 7.20. The van der Waals surface area contributed by atoms with Crippen LogP contribution in [-0.4, -0.2) is 34.0 Å². The van der Waals surface area contributed by atoms with Gasteiger partial charge in [0, 0.05) is 10.1 Å². The summed E-state index contributed by atoms with van der Waals surface area (Å²) >= 11 is 1.20. The molecule has 4 rings (SSSR count). The van der Waals surface area contributed by atoms with Gasteiger partial charge < -0.3 is 10.1 Å². The summed E-state index contributed by atoms with van der Waals surface area (Å²) < 4.78 is 20.6. The zero-order valence-electron chi connectivity index (χ0n) is 14.5. The van der Waals surface area contributed by atoms with E-state index in [1.54, 1.807) is 36.4 Å². The quantitative estimate of drug-likeness (QED) is 0.532. The van der Waals surface area contributed by atoms with Crippen LogP contribution in [0.5, 0.6) is 0 Å². The molecule has 28 heavy (non-hydrogen) atoms. The van der Waals surface area contributed by atoms with Crippen molar-refractivity contribution >= 4 is 39.0 Å². The number of halogens is 1. The third-order valence-electron chi connectivity index (χ3n) is 4.02. The molecule has 0 saturated carbocycles. The summed E-state index contributed by atoms with van der Waals surface area (Å²) in [5, 5.41) is 10.9. The zero-order valence-corrected chi connectivity index (χ0v) is 15.4. The molecule has 0 aliphatic heterocycles. The lowest BCUT2D eigenvalue weighted by atomic mass is 10.2. The third-order valence-corrected chi connectivity index (χ3v) is 5.12. The topological polar surface area (TPSA) is 86.1 Å². The number of carbonyl (C=O) groups excluding carboxylic acids is 2. The Labute approximate surface area is 162 Å². The number of hydrogen-bond donors (Lipinski definition) is 1. The normalized spacial score (nSPS) is 10.8. The van der Waals surface area contributed by atoms with Crippen molar-refractivity contribution in [3.05, 3.63) is 71.1 Å². The Morgan fingerprint density at radius 2 is 2.00 bits per heavy atom. The molecule has 0 aliphatic carbocycles. The van der Waals surface area contributed by atoms with Gasteiger partial charge in [0.25, 0.3) is 5.91 Å². The number of amides is 1. The highest BCUT2D eigenvalue weighted by Gasteiger charge is 2.16. The molecule has 2 aromatic heterocycles. The summed E-state index contributed by atoms with van der Waals surface area (Å²) in [5.41, 5.74) is 1.03. The van der Waals surface area contributed by atoms with Gasteiger partial charge in [-0.15, -0.1) is 16.4 Å². The lowest BCUT2D eigenvalue weighted by Crippen LogP contribution is -2.12. The van der Waals surface area contributed by atoms with E-state index in [2.05, 4.69) is 20.4 Å². The van der Waals surface area contributed by atoms with Gasteiger partial charge in [0.05, 0.1) is 29.6 Å². The Morgan fingerprint density at radius 3 is 2.79 bits per heavy atom. The minimum absolute atomic E-state index is 0.0450. The van der Waals surface area contributed by atoms with Gasteiger partial charge >= 0.3 is 5.97 Å². The Hall–Kier alpha value is -3.59. The van der Waals surface area contributed by atoms with Crippen LogP contribution in [0, 0.1) is 5.82 Å². The van der Waals surface area contributed by atoms with Crippen LogP contribution in [0.3, 0.4) is 0 Å². The van der Waals surface area contributed by atoms with Crippen molar-refractivity contribution in [1.82, 2.24) is 15.0 Å². The van der Waals surface area contributed by atoms with Gasteiger partial charge in [0.1, 0.15) is 5.82 Å². The van der Waals surface area contributed by atoms with E-state index in [-0.39, 0.29) is 17.4 Å². The first kappa shape index (κ1) is 17.8. The van der Waals surface area contributed by atoms with Gasteiger partial charge in [-0.25, -0.2) is 13.9 Å². The SMILES string of the molecule is COC(=O)c1cn(-c2ccccc2NC(=O)c2cc3c(F)cccc3s2)nn1. The van der Waals surface area contributed by atoms with E-state index in [4.69, 9.17) is 0 Å². The van der Waals surface area contributed by atoms with E-state index in [1.165, 1.54) is 41.5 Å². The fraction of sp³-hybridized carbons (Fsp3) is 0.0526. The fourth-order valence-electron chi connectivity index (χ4n) is 2.68. The number of hydrogen-bond acceptors (Lipinski definition) is 6. The molecular formula is C19H13FN4O3S. The van der Waals surface area contributed by atoms with E-state index in [9.17, 15) is 14.0 Å². The van der Waals surface area contributed by atoms with E-state index >= 15 is 0 Å². The number of rotatable bonds is 4. The molecule has 4 aromatic rings. The predicted molar refractivity (Wildman–Crippen MR) is 102 cm³/mol. The summed E-state index contributed by atoms with van der Waals surface area (Å²) in [6.45, 7) is 0. The van der Waals surface area contributed by atoms with Gasteiger partial charge in [0.2, 0.25) is 0 Å². The van der Waals surface area contributed by atoms with Crippen LogP contribution in [0.2, 0.25) is 0 Å². The number of aromatic nitrogens is 3. The lowest BCUT2D eigenvalue weighted by Gasteiger charge is -2.09. The standard InChI is InChI=1S/C19H13FN4O3S/c1-27-19(26)14-10-24(23-22-14)15-7-3-2-6-13(15)21-18(25)17-9-11-12(20)5-4-8-16(11)28-17/h2-10H,1H3,(H,21,25). The van der Waals surface area contributed by atoms with Crippen molar-refractivity contribution in [2.24, 2.45) is 0 Å². The van der Waals surface area contributed by atoms with Crippen LogP contribution >= 0.6 is 11.3 Å². The molecule has 0 aliphatic rings. The number of thiophene rings is 1. The molecule has 1 N–H and O–H groups in total. The van der Waals surface area contributed by atoms with Gasteiger partial charge in [-0.3, -0.25) is 4.79 Å². The summed E-state index contributed by atoms with van der Waals surface area (Å²) in [4.78, 5) is 24.7. The molecule has 2 aromatic carbocycles. The number of nitrogens with one attached hydrogen (secondary N) is 1. The zero-order chi connectivity index (χ0) is 19.7. The number of esters is 1. The smallest absolute Gasteiger partial charge is 0.360 e. The minimum Gasteiger partial charge on any atom is -0.464 e. The van der Waals surface area contributed by atoms with Gasteiger partial charge in [-0.1, -0.05) is 23.4 Å². The van der Waals surface area contributed by atoms with Crippen molar-refractivity contribution in [3.8, 4) is 5.69 Å². The van der Waals surface area contributed by atoms with E-state index in [1.807, 2.05) is 0 Å². The first-order valence-corrected chi connectivity index (χ1v) is 8.98. The predicted octanol–water partition coefficient (Wildman–Crippen LogP) is 3.66. The fourth-order valence-corrected chi connectivity index (χ4v) is 3.65. The lowest BCUT2D eigenvalue weighted by molar-refractivity contribution is 0.0593. The van der Waals surface area contributed by atoms with Crippen molar-refractivity contribution in [3.63, 3.8) is 0 Å². The largest absolute Gasteiger partial charge is 0.464 e. The van der Waals surface area contributed by atoms with Gasteiger partial charge in [-0.2, -0.15) is 0 Å². The summed E-state index contributed by atoms with van der Waals surface area (Å²) in [5.74, 6) is -1.35. The average Bonchev–Trinajstić information content (AvgIpc) is 3.36. The molecule has 140 valence electrons. The number of ether oxygens (including phenoxy) is 1. The molecule has 0 fully saturated rings. The highest BCUT2D eigenvalue weighted by Crippen LogP contribution is 2.29. The second-order valence-electron chi connectivity index (χ2n) is 5.77. The number of nitrogens with zero attached hydrogens (tertiary/aromatic N) is 3. The number of anilines is 1. The van der Waals surface area contributed by atoms with E-state index in [0.29, 0.717) is 26.3 Å². The maximum absolute atomic E-state index is 13.9. The monoisotopic (exact) mass is 396 g/mol. The Kier molecular flexibility index (Phi) is 4.58. The van der Waals surface area contributed by atoms with Crippen LogP contribution in [0.1, 0.15) is 20.2 Å². The summed E-state index contributed by atoms with van der Waals surface area (Å²) in [7, 11) is 1.25. The molecule has 0 atom stereocenters.